The van der Waals surface area contributed by atoms with Crippen LogP contribution in [-0.4, -0.2) is 17.9 Å². The molecule has 0 aliphatic heterocycles. The van der Waals surface area contributed by atoms with Gasteiger partial charge in [-0.15, -0.1) is 0 Å². The summed E-state index contributed by atoms with van der Waals surface area (Å²) < 4.78 is 0. The SMILES string of the molecule is N=C([O-])CC(N)C(=O)[O-].[Mn+2]. The topological polar surface area (TPSA) is 113 Å². The molecule has 0 aliphatic carbocycles. The Morgan fingerprint density at radius 3 is 2.10 bits per heavy atom. The number of carbonyl (C=O) groups excluding carboxylic acids is 1. The number of carboxylic acid groups (broad SMARTS) is 1. The van der Waals surface area contributed by atoms with Crippen LogP contribution in [0.15, 0.2) is 0 Å². The average Bonchev–Trinajstić information content (AvgIpc) is 1.63. The second-order valence-corrected chi connectivity index (χ2v) is 1.55. The third-order valence-corrected chi connectivity index (χ3v) is 0.708. The number of carboxylic acids is 1. The zero-order valence-corrected chi connectivity index (χ0v) is 6.14. The van der Waals surface area contributed by atoms with E-state index >= 15 is 0 Å². The van der Waals surface area contributed by atoms with E-state index in [1.807, 2.05) is 0 Å². The number of hydrogen-bond donors (Lipinski definition) is 2. The zero-order valence-electron chi connectivity index (χ0n) is 4.96. The fourth-order valence-corrected chi connectivity index (χ4v) is 0.283. The molecular weight excluding hydrogens is 179 g/mol. The summed E-state index contributed by atoms with van der Waals surface area (Å²) in [4.78, 5) is 9.76. The molecule has 0 aromatic rings. The molecular formula is C4H6MnN2O3. The molecule has 1 radical (unpaired) electrons. The standard InChI is InChI=1S/C4H8N2O3.Mn/c5-2(4(8)9)1-3(6)7;/h2H,1,5H2,(H2,6,7)(H,8,9);/q;+2/p-2. The van der Waals surface area contributed by atoms with Crippen molar-refractivity contribution in [2.24, 2.45) is 5.73 Å². The Kier molecular flexibility index (Phi) is 6.34. The Morgan fingerprint density at radius 2 is 2.00 bits per heavy atom. The van der Waals surface area contributed by atoms with Crippen molar-refractivity contribution in [1.82, 2.24) is 0 Å². The van der Waals surface area contributed by atoms with Crippen LogP contribution in [0.3, 0.4) is 0 Å². The molecule has 0 aliphatic rings. The van der Waals surface area contributed by atoms with E-state index < -0.39 is 24.3 Å². The van der Waals surface area contributed by atoms with Crippen molar-refractivity contribution in [2.75, 3.05) is 0 Å². The molecule has 0 rings (SSSR count). The summed E-state index contributed by atoms with van der Waals surface area (Å²) >= 11 is 0. The Bertz CT molecular complexity index is 138. The minimum absolute atomic E-state index is 0. The van der Waals surface area contributed by atoms with Crippen molar-refractivity contribution in [3.63, 3.8) is 0 Å². The van der Waals surface area contributed by atoms with Gasteiger partial charge in [0.1, 0.15) is 0 Å². The molecule has 0 aromatic carbocycles. The van der Waals surface area contributed by atoms with Gasteiger partial charge in [-0.25, -0.2) is 0 Å². The van der Waals surface area contributed by atoms with Crippen LogP contribution >= 0.6 is 0 Å². The maximum atomic E-state index is 9.85. The van der Waals surface area contributed by atoms with E-state index in [4.69, 9.17) is 11.1 Å². The summed E-state index contributed by atoms with van der Waals surface area (Å²) in [6.07, 6.45) is -0.484. The van der Waals surface area contributed by atoms with E-state index in [0.29, 0.717) is 0 Å². The van der Waals surface area contributed by atoms with E-state index in [1.54, 1.807) is 0 Å². The fourth-order valence-electron chi connectivity index (χ4n) is 0.283. The molecule has 3 N–H and O–H groups in total. The molecule has 57 valence electrons. The zero-order chi connectivity index (χ0) is 7.44. The quantitative estimate of drug-likeness (QED) is 0.273. The van der Waals surface area contributed by atoms with Crippen LogP contribution in [0, 0.1) is 5.41 Å². The molecule has 0 aromatic heterocycles. The van der Waals surface area contributed by atoms with Crippen molar-refractivity contribution in [3.8, 4) is 0 Å². The molecule has 0 heterocycles. The molecule has 0 saturated heterocycles. The fraction of sp³-hybridized carbons (Fsp3) is 0.500. The molecule has 6 heteroatoms. The van der Waals surface area contributed by atoms with Crippen LogP contribution in [0.25, 0.3) is 0 Å². The van der Waals surface area contributed by atoms with Crippen molar-refractivity contribution in [2.45, 2.75) is 12.5 Å². The molecule has 0 amide bonds. The Morgan fingerprint density at radius 1 is 1.60 bits per heavy atom. The first-order valence-electron chi connectivity index (χ1n) is 2.25. The van der Waals surface area contributed by atoms with Crippen LogP contribution in [-0.2, 0) is 21.9 Å². The molecule has 0 spiro atoms. The second kappa shape index (κ2) is 5.22. The number of nitrogens with two attached hydrogens (primary N) is 1. The van der Waals surface area contributed by atoms with Crippen LogP contribution in [0.2, 0.25) is 0 Å². The molecule has 0 fully saturated rings. The van der Waals surface area contributed by atoms with Gasteiger partial charge in [0, 0.05) is 6.04 Å². The Labute approximate surface area is 68.2 Å². The first-order valence-corrected chi connectivity index (χ1v) is 2.25. The molecule has 1 atom stereocenters. The van der Waals surface area contributed by atoms with Crippen LogP contribution < -0.4 is 15.9 Å². The molecule has 10 heavy (non-hydrogen) atoms. The number of nitrogens with one attached hydrogen (secondary N) is 1. The van der Waals surface area contributed by atoms with E-state index in [1.165, 1.54) is 0 Å². The van der Waals surface area contributed by atoms with Gasteiger partial charge in [0.05, 0.1) is 5.97 Å². The van der Waals surface area contributed by atoms with Gasteiger partial charge >= 0.3 is 17.1 Å². The van der Waals surface area contributed by atoms with E-state index in [-0.39, 0.29) is 17.1 Å². The van der Waals surface area contributed by atoms with Crippen LogP contribution in [0.4, 0.5) is 0 Å². The van der Waals surface area contributed by atoms with Gasteiger partial charge in [0.25, 0.3) is 0 Å². The summed E-state index contributed by atoms with van der Waals surface area (Å²) in [6, 6.07) is -1.34. The molecule has 1 unspecified atom stereocenters. The van der Waals surface area contributed by atoms with Gasteiger partial charge in [-0.05, 0) is 12.3 Å². The first kappa shape index (κ1) is 12.1. The van der Waals surface area contributed by atoms with Crippen molar-refractivity contribution >= 4 is 11.9 Å². The molecule has 0 saturated carbocycles. The summed E-state index contributed by atoms with van der Waals surface area (Å²) in [5.41, 5.74) is 4.81. The second-order valence-electron chi connectivity index (χ2n) is 1.55. The maximum Gasteiger partial charge on any atom is 2.00 e. The minimum atomic E-state index is -1.50. The number of aliphatic carboxylic acids is 1. The van der Waals surface area contributed by atoms with Crippen molar-refractivity contribution < 1.29 is 32.1 Å². The Hall–Kier alpha value is -0.581. The summed E-state index contributed by atoms with van der Waals surface area (Å²) in [5, 5.41) is 25.9. The number of hydrogen-bond acceptors (Lipinski definition) is 5. The van der Waals surface area contributed by atoms with E-state index in [2.05, 4.69) is 0 Å². The van der Waals surface area contributed by atoms with Gasteiger partial charge in [-0.2, -0.15) is 0 Å². The maximum absolute atomic E-state index is 9.85. The third kappa shape index (κ3) is 5.55. The van der Waals surface area contributed by atoms with Crippen molar-refractivity contribution in [3.05, 3.63) is 0 Å². The smallest absolute Gasteiger partial charge is 0.862 e. The molecule has 5 nitrogen and oxygen atoms in total. The first-order chi connectivity index (χ1) is 4.04. The van der Waals surface area contributed by atoms with E-state index in [0.717, 1.165) is 0 Å². The van der Waals surface area contributed by atoms with Crippen molar-refractivity contribution in [1.29, 1.82) is 5.41 Å². The average molecular weight is 185 g/mol. The predicted octanol–water partition coefficient (Wildman–Crippen LogP) is -3.21. The van der Waals surface area contributed by atoms with Gasteiger partial charge in [0.15, 0.2) is 0 Å². The summed E-state index contributed by atoms with van der Waals surface area (Å²) in [7, 11) is 0. The van der Waals surface area contributed by atoms with Gasteiger partial charge in [-0.3, -0.25) is 0 Å². The van der Waals surface area contributed by atoms with E-state index in [9.17, 15) is 15.0 Å². The normalized spacial score (nSPS) is 11.3. The largest absolute Gasteiger partial charge is 2.00 e. The summed E-state index contributed by atoms with van der Waals surface area (Å²) in [5.74, 6) is -2.50. The summed E-state index contributed by atoms with van der Waals surface area (Å²) in [6.45, 7) is 0. The van der Waals surface area contributed by atoms with Crippen LogP contribution in [0.1, 0.15) is 6.42 Å². The van der Waals surface area contributed by atoms with Gasteiger partial charge in [0.2, 0.25) is 0 Å². The monoisotopic (exact) mass is 185 g/mol. The predicted molar refractivity (Wildman–Crippen MR) is 25.3 cm³/mol. The van der Waals surface area contributed by atoms with Gasteiger partial charge in [-0.1, -0.05) is 0 Å². The minimum Gasteiger partial charge on any atom is -0.862 e. The molecule has 0 bridgehead atoms. The third-order valence-electron chi connectivity index (χ3n) is 0.708. The van der Waals surface area contributed by atoms with Crippen LogP contribution in [0.5, 0.6) is 0 Å². The number of carbonyl (C=O) groups is 1. The Balaban J connectivity index is 0. The number of rotatable bonds is 3. The van der Waals surface area contributed by atoms with Gasteiger partial charge < -0.3 is 26.2 Å².